The van der Waals surface area contributed by atoms with Crippen LogP contribution < -0.4 is 4.74 Å². The highest BCUT2D eigenvalue weighted by atomic mass is 32.2. The molecule has 0 aromatic heterocycles. The third kappa shape index (κ3) is 3.17. The van der Waals surface area contributed by atoms with Gasteiger partial charge in [0.1, 0.15) is 11.8 Å². The van der Waals surface area contributed by atoms with Crippen molar-refractivity contribution >= 4 is 11.8 Å². The van der Waals surface area contributed by atoms with Gasteiger partial charge in [0.2, 0.25) is 0 Å². The summed E-state index contributed by atoms with van der Waals surface area (Å²) < 4.78 is 5.20. The molecule has 90 valence electrons. The maximum atomic E-state index is 9.07. The summed E-state index contributed by atoms with van der Waals surface area (Å²) in [6.45, 7) is 0. The first-order chi connectivity index (χ1) is 8.33. The highest BCUT2D eigenvalue weighted by molar-refractivity contribution is 7.99. The first-order valence-corrected chi connectivity index (χ1v) is 7.03. The lowest BCUT2D eigenvalue weighted by Gasteiger charge is -2.10. The van der Waals surface area contributed by atoms with Crippen LogP contribution in [0.4, 0.5) is 0 Å². The minimum absolute atomic E-state index is 0.758. The molecule has 0 radical (unpaired) electrons. The van der Waals surface area contributed by atoms with Crippen LogP contribution in [0.5, 0.6) is 5.75 Å². The molecule has 0 heterocycles. The molecule has 1 aromatic carbocycles. The Morgan fingerprint density at radius 1 is 1.41 bits per heavy atom. The van der Waals surface area contributed by atoms with Gasteiger partial charge in [0.05, 0.1) is 12.7 Å². The Kier molecular flexibility index (Phi) is 4.33. The lowest BCUT2D eigenvalue weighted by molar-refractivity contribution is 0.413. The van der Waals surface area contributed by atoms with E-state index >= 15 is 0 Å². The van der Waals surface area contributed by atoms with Gasteiger partial charge in [-0.15, -0.1) is 11.8 Å². The topological polar surface area (TPSA) is 33.0 Å². The molecule has 0 aliphatic heterocycles. The number of nitrogens with zero attached hydrogens (tertiary/aromatic N) is 1. The fourth-order valence-corrected chi connectivity index (χ4v) is 3.44. The van der Waals surface area contributed by atoms with Gasteiger partial charge in [-0.2, -0.15) is 5.26 Å². The van der Waals surface area contributed by atoms with E-state index in [0.29, 0.717) is 0 Å². The molecule has 0 amide bonds. The van der Waals surface area contributed by atoms with E-state index in [1.165, 1.54) is 25.7 Å². The van der Waals surface area contributed by atoms with Crippen LogP contribution in [0.1, 0.15) is 31.2 Å². The normalized spacial score (nSPS) is 15.8. The summed E-state index contributed by atoms with van der Waals surface area (Å²) >= 11 is 1.80. The Balaban J connectivity index is 2.04. The average molecular weight is 247 g/mol. The number of hydrogen-bond acceptors (Lipinski definition) is 3. The second-order valence-corrected chi connectivity index (χ2v) is 5.50. The summed E-state index contributed by atoms with van der Waals surface area (Å²) in [6.07, 6.45) is 5.43. The summed E-state index contributed by atoms with van der Waals surface area (Å²) in [5.74, 6) is 2.79. The van der Waals surface area contributed by atoms with Crippen LogP contribution >= 0.6 is 11.8 Å². The van der Waals surface area contributed by atoms with Crippen molar-refractivity contribution in [1.29, 1.82) is 5.26 Å². The van der Waals surface area contributed by atoms with E-state index in [9.17, 15) is 0 Å². The van der Waals surface area contributed by atoms with Crippen LogP contribution in [-0.4, -0.2) is 12.9 Å². The van der Waals surface area contributed by atoms with Crippen molar-refractivity contribution in [2.24, 2.45) is 5.92 Å². The van der Waals surface area contributed by atoms with E-state index in [1.54, 1.807) is 18.9 Å². The highest BCUT2D eigenvalue weighted by Crippen LogP contribution is 2.33. The van der Waals surface area contributed by atoms with E-state index in [-0.39, 0.29) is 0 Å². The first kappa shape index (κ1) is 12.3. The predicted octanol–water partition coefficient (Wildman–Crippen LogP) is 3.85. The number of nitriles is 1. The molecule has 0 spiro atoms. The number of benzene rings is 1. The number of methoxy groups -OCH3 is 1. The smallest absolute Gasteiger partial charge is 0.120 e. The van der Waals surface area contributed by atoms with Gasteiger partial charge in [-0.25, -0.2) is 0 Å². The number of rotatable bonds is 4. The Morgan fingerprint density at radius 2 is 2.18 bits per heavy atom. The zero-order valence-electron chi connectivity index (χ0n) is 10.1. The molecule has 2 nitrogen and oxygen atoms in total. The van der Waals surface area contributed by atoms with Crippen LogP contribution in [0, 0.1) is 17.2 Å². The lowest BCUT2D eigenvalue weighted by Crippen LogP contribution is -1.97. The summed E-state index contributed by atoms with van der Waals surface area (Å²) in [7, 11) is 1.66. The fourth-order valence-electron chi connectivity index (χ4n) is 2.23. The van der Waals surface area contributed by atoms with E-state index < -0.39 is 0 Å². The van der Waals surface area contributed by atoms with E-state index in [2.05, 4.69) is 6.07 Å². The Morgan fingerprint density at radius 3 is 2.82 bits per heavy atom. The Hall–Kier alpha value is -1.14. The van der Waals surface area contributed by atoms with Crippen molar-refractivity contribution in [3.63, 3.8) is 0 Å². The van der Waals surface area contributed by atoms with Crippen LogP contribution in [-0.2, 0) is 0 Å². The van der Waals surface area contributed by atoms with Crippen molar-refractivity contribution in [1.82, 2.24) is 0 Å². The molecule has 2 rings (SSSR count). The van der Waals surface area contributed by atoms with Crippen molar-refractivity contribution in [3.8, 4) is 11.8 Å². The average Bonchev–Trinajstić information content (AvgIpc) is 2.89. The van der Waals surface area contributed by atoms with Gasteiger partial charge in [-0.3, -0.25) is 0 Å². The van der Waals surface area contributed by atoms with Gasteiger partial charge in [0.25, 0.3) is 0 Å². The van der Waals surface area contributed by atoms with Gasteiger partial charge in [0, 0.05) is 10.6 Å². The Bertz CT molecular complexity index is 419. The first-order valence-electron chi connectivity index (χ1n) is 6.04. The molecule has 1 aliphatic rings. The summed E-state index contributed by atoms with van der Waals surface area (Å²) in [5, 5.41) is 9.07. The van der Waals surface area contributed by atoms with Gasteiger partial charge in [-0.1, -0.05) is 12.8 Å². The monoisotopic (exact) mass is 247 g/mol. The SMILES string of the molecule is COc1ccc(C#N)c(SCC2CCCC2)c1. The van der Waals surface area contributed by atoms with Gasteiger partial charge in [0.15, 0.2) is 0 Å². The molecular weight excluding hydrogens is 230 g/mol. The molecule has 0 bridgehead atoms. The summed E-state index contributed by atoms with van der Waals surface area (Å²) in [4.78, 5) is 1.05. The van der Waals surface area contributed by atoms with E-state index in [4.69, 9.17) is 10.00 Å². The number of thioether (sulfide) groups is 1. The fraction of sp³-hybridized carbons (Fsp3) is 0.500. The summed E-state index contributed by atoms with van der Waals surface area (Å²) in [6, 6.07) is 7.90. The largest absolute Gasteiger partial charge is 0.497 e. The van der Waals surface area contributed by atoms with Crippen molar-refractivity contribution < 1.29 is 4.74 Å². The van der Waals surface area contributed by atoms with Crippen molar-refractivity contribution in [2.45, 2.75) is 30.6 Å². The minimum Gasteiger partial charge on any atom is -0.497 e. The van der Waals surface area contributed by atoms with Crippen molar-refractivity contribution in [3.05, 3.63) is 23.8 Å². The molecule has 3 heteroatoms. The highest BCUT2D eigenvalue weighted by Gasteiger charge is 2.16. The molecule has 1 aromatic rings. The molecule has 1 saturated carbocycles. The summed E-state index contributed by atoms with van der Waals surface area (Å²) in [5.41, 5.74) is 0.758. The van der Waals surface area contributed by atoms with Gasteiger partial charge in [-0.05, 0) is 37.0 Å². The zero-order chi connectivity index (χ0) is 12.1. The molecule has 0 saturated heterocycles. The molecule has 0 unspecified atom stereocenters. The maximum Gasteiger partial charge on any atom is 0.120 e. The lowest BCUT2D eigenvalue weighted by atomic mass is 10.1. The van der Waals surface area contributed by atoms with Crippen LogP contribution in [0.2, 0.25) is 0 Å². The Labute approximate surface area is 107 Å². The molecule has 17 heavy (non-hydrogen) atoms. The van der Waals surface area contributed by atoms with Gasteiger partial charge >= 0.3 is 0 Å². The van der Waals surface area contributed by atoms with Crippen molar-refractivity contribution in [2.75, 3.05) is 12.9 Å². The third-order valence-corrected chi connectivity index (χ3v) is 4.55. The standard InChI is InChI=1S/C14H17NOS/c1-16-13-7-6-12(9-15)14(8-13)17-10-11-4-2-3-5-11/h6-8,11H,2-5,10H2,1H3. The van der Waals surface area contributed by atoms with E-state index in [0.717, 1.165) is 27.9 Å². The molecule has 1 fully saturated rings. The van der Waals surface area contributed by atoms with Crippen LogP contribution in [0.3, 0.4) is 0 Å². The number of hydrogen-bond donors (Lipinski definition) is 0. The molecular formula is C14H17NOS. The van der Waals surface area contributed by atoms with E-state index in [1.807, 2.05) is 18.2 Å². The predicted molar refractivity (Wildman–Crippen MR) is 70.4 cm³/mol. The molecule has 0 N–H and O–H groups in total. The second kappa shape index (κ2) is 5.97. The van der Waals surface area contributed by atoms with Crippen LogP contribution in [0.25, 0.3) is 0 Å². The van der Waals surface area contributed by atoms with Gasteiger partial charge < -0.3 is 4.74 Å². The minimum atomic E-state index is 0.758. The quantitative estimate of drug-likeness (QED) is 0.758. The van der Waals surface area contributed by atoms with Crippen LogP contribution in [0.15, 0.2) is 23.1 Å². The third-order valence-electron chi connectivity index (χ3n) is 3.26. The maximum absolute atomic E-state index is 9.07. The number of ether oxygens (including phenoxy) is 1. The zero-order valence-corrected chi connectivity index (χ0v) is 10.9. The molecule has 1 aliphatic carbocycles. The molecule has 0 atom stereocenters. The second-order valence-electron chi connectivity index (χ2n) is 4.44.